The Hall–Kier alpha value is -1.87. The molecule has 3 heteroatoms. The maximum absolute atomic E-state index is 13.0. The van der Waals surface area contributed by atoms with Crippen LogP contribution in [0.4, 0.5) is 4.39 Å². The number of hydrogen-bond acceptors (Lipinski definition) is 2. The summed E-state index contributed by atoms with van der Waals surface area (Å²) in [5, 5.41) is 3.14. The first-order valence-corrected chi connectivity index (χ1v) is 6.31. The van der Waals surface area contributed by atoms with Gasteiger partial charge in [0.05, 0.1) is 0 Å². The molecule has 0 saturated heterocycles. The SMILES string of the molecule is CNCc1ccccc1COc1ccc(F)cc1C. The molecule has 0 heterocycles. The summed E-state index contributed by atoms with van der Waals surface area (Å²) in [6, 6.07) is 12.7. The standard InChI is InChI=1S/C16H18FNO/c1-12-9-15(17)7-8-16(12)19-11-14-6-4-3-5-13(14)10-18-2/h3-9,18H,10-11H2,1-2H3. The highest BCUT2D eigenvalue weighted by Crippen LogP contribution is 2.20. The zero-order valence-corrected chi connectivity index (χ0v) is 11.2. The zero-order chi connectivity index (χ0) is 13.7. The Balaban J connectivity index is 2.10. The van der Waals surface area contributed by atoms with E-state index in [0.717, 1.165) is 23.4 Å². The minimum atomic E-state index is -0.236. The van der Waals surface area contributed by atoms with Crippen molar-refractivity contribution in [2.75, 3.05) is 7.05 Å². The number of ether oxygens (including phenoxy) is 1. The molecular formula is C16H18FNO. The second-order valence-corrected chi connectivity index (χ2v) is 4.50. The minimum Gasteiger partial charge on any atom is -0.489 e. The lowest BCUT2D eigenvalue weighted by molar-refractivity contribution is 0.302. The maximum Gasteiger partial charge on any atom is 0.123 e. The van der Waals surface area contributed by atoms with E-state index in [1.54, 1.807) is 6.07 Å². The van der Waals surface area contributed by atoms with Crippen molar-refractivity contribution in [2.45, 2.75) is 20.1 Å². The third kappa shape index (κ3) is 3.55. The summed E-state index contributed by atoms with van der Waals surface area (Å²) in [5.74, 6) is 0.487. The van der Waals surface area contributed by atoms with Gasteiger partial charge in [-0.1, -0.05) is 24.3 Å². The van der Waals surface area contributed by atoms with Crippen LogP contribution in [-0.4, -0.2) is 7.05 Å². The van der Waals surface area contributed by atoms with Crippen LogP contribution in [0.1, 0.15) is 16.7 Å². The summed E-state index contributed by atoms with van der Waals surface area (Å²) in [6.45, 7) is 3.14. The molecule has 2 rings (SSSR count). The van der Waals surface area contributed by atoms with Crippen molar-refractivity contribution in [1.29, 1.82) is 0 Å². The number of nitrogens with one attached hydrogen (secondary N) is 1. The van der Waals surface area contributed by atoms with Crippen molar-refractivity contribution in [3.63, 3.8) is 0 Å². The molecule has 2 aromatic carbocycles. The van der Waals surface area contributed by atoms with E-state index < -0.39 is 0 Å². The molecule has 0 atom stereocenters. The maximum atomic E-state index is 13.0. The van der Waals surface area contributed by atoms with Gasteiger partial charge in [-0.25, -0.2) is 4.39 Å². The van der Waals surface area contributed by atoms with E-state index in [2.05, 4.69) is 11.4 Å². The molecule has 0 fully saturated rings. The predicted molar refractivity (Wildman–Crippen MR) is 74.7 cm³/mol. The summed E-state index contributed by atoms with van der Waals surface area (Å²) in [7, 11) is 1.92. The average Bonchev–Trinajstić information content (AvgIpc) is 2.40. The molecule has 0 bridgehead atoms. The van der Waals surface area contributed by atoms with Crippen molar-refractivity contribution in [1.82, 2.24) is 5.32 Å². The molecule has 2 nitrogen and oxygen atoms in total. The Morgan fingerprint density at radius 3 is 2.53 bits per heavy atom. The highest BCUT2D eigenvalue weighted by Gasteiger charge is 2.04. The van der Waals surface area contributed by atoms with Crippen molar-refractivity contribution in [3.8, 4) is 5.75 Å². The van der Waals surface area contributed by atoms with Gasteiger partial charge >= 0.3 is 0 Å². The summed E-state index contributed by atoms with van der Waals surface area (Å²) >= 11 is 0. The molecule has 0 aliphatic heterocycles. The van der Waals surface area contributed by atoms with Gasteiger partial charge in [0.2, 0.25) is 0 Å². The zero-order valence-electron chi connectivity index (χ0n) is 11.2. The van der Waals surface area contributed by atoms with Crippen LogP contribution in [0.5, 0.6) is 5.75 Å². The molecular weight excluding hydrogens is 241 g/mol. The van der Waals surface area contributed by atoms with Gasteiger partial charge in [-0.15, -0.1) is 0 Å². The van der Waals surface area contributed by atoms with Gasteiger partial charge in [-0.2, -0.15) is 0 Å². The monoisotopic (exact) mass is 259 g/mol. The molecule has 2 aromatic rings. The van der Waals surface area contributed by atoms with Gasteiger partial charge in [-0.05, 0) is 48.9 Å². The van der Waals surface area contributed by atoms with Gasteiger partial charge in [-0.3, -0.25) is 0 Å². The summed E-state index contributed by atoms with van der Waals surface area (Å²) < 4.78 is 18.8. The number of hydrogen-bond donors (Lipinski definition) is 1. The van der Waals surface area contributed by atoms with Gasteiger partial charge < -0.3 is 10.1 Å². The van der Waals surface area contributed by atoms with Crippen LogP contribution in [0.25, 0.3) is 0 Å². The number of halogens is 1. The lowest BCUT2D eigenvalue weighted by Crippen LogP contribution is -2.09. The van der Waals surface area contributed by atoms with E-state index >= 15 is 0 Å². The number of aryl methyl sites for hydroxylation is 1. The van der Waals surface area contributed by atoms with Gasteiger partial charge in [0.25, 0.3) is 0 Å². The molecule has 0 aromatic heterocycles. The van der Waals surface area contributed by atoms with E-state index in [1.807, 2.05) is 32.2 Å². The molecule has 0 spiro atoms. The van der Waals surface area contributed by atoms with E-state index in [-0.39, 0.29) is 5.82 Å². The smallest absolute Gasteiger partial charge is 0.123 e. The van der Waals surface area contributed by atoms with Crippen molar-refractivity contribution >= 4 is 0 Å². The van der Waals surface area contributed by atoms with Crippen LogP contribution in [0, 0.1) is 12.7 Å². The van der Waals surface area contributed by atoms with Crippen molar-refractivity contribution in [2.24, 2.45) is 0 Å². The Morgan fingerprint density at radius 2 is 1.84 bits per heavy atom. The second kappa shape index (κ2) is 6.34. The van der Waals surface area contributed by atoms with E-state index in [9.17, 15) is 4.39 Å². The third-order valence-corrected chi connectivity index (χ3v) is 3.01. The van der Waals surface area contributed by atoms with Crippen LogP contribution in [0.2, 0.25) is 0 Å². The molecule has 0 aliphatic carbocycles. The van der Waals surface area contributed by atoms with Crippen LogP contribution < -0.4 is 10.1 Å². The number of benzene rings is 2. The van der Waals surface area contributed by atoms with Crippen LogP contribution in [0.15, 0.2) is 42.5 Å². The first-order chi connectivity index (χ1) is 9.20. The average molecular weight is 259 g/mol. The van der Waals surface area contributed by atoms with Gasteiger partial charge in [0.1, 0.15) is 18.2 Å². The van der Waals surface area contributed by atoms with E-state index in [1.165, 1.54) is 17.7 Å². The summed E-state index contributed by atoms with van der Waals surface area (Å²) in [4.78, 5) is 0. The first-order valence-electron chi connectivity index (χ1n) is 6.31. The van der Waals surface area contributed by atoms with Gasteiger partial charge in [0.15, 0.2) is 0 Å². The Bertz CT molecular complexity index is 554. The largest absolute Gasteiger partial charge is 0.489 e. The highest BCUT2D eigenvalue weighted by molar-refractivity contribution is 5.33. The Morgan fingerprint density at radius 1 is 1.11 bits per heavy atom. The van der Waals surface area contributed by atoms with Gasteiger partial charge in [0, 0.05) is 6.54 Å². The topological polar surface area (TPSA) is 21.3 Å². The normalized spacial score (nSPS) is 10.5. The van der Waals surface area contributed by atoms with Crippen LogP contribution in [-0.2, 0) is 13.2 Å². The quantitative estimate of drug-likeness (QED) is 0.888. The predicted octanol–water partition coefficient (Wildman–Crippen LogP) is 3.43. The van der Waals surface area contributed by atoms with Crippen molar-refractivity contribution in [3.05, 3.63) is 65.0 Å². The lowest BCUT2D eigenvalue weighted by atomic mass is 10.1. The minimum absolute atomic E-state index is 0.236. The summed E-state index contributed by atoms with van der Waals surface area (Å²) in [5.41, 5.74) is 3.16. The summed E-state index contributed by atoms with van der Waals surface area (Å²) in [6.07, 6.45) is 0. The molecule has 0 radical (unpaired) electrons. The molecule has 100 valence electrons. The molecule has 0 unspecified atom stereocenters. The first kappa shape index (κ1) is 13.6. The fourth-order valence-electron chi connectivity index (χ4n) is 1.99. The Kier molecular flexibility index (Phi) is 4.53. The van der Waals surface area contributed by atoms with E-state index in [4.69, 9.17) is 4.74 Å². The molecule has 0 aliphatic rings. The van der Waals surface area contributed by atoms with Crippen molar-refractivity contribution < 1.29 is 9.13 Å². The fourth-order valence-corrected chi connectivity index (χ4v) is 1.99. The number of rotatable bonds is 5. The van der Waals surface area contributed by atoms with Crippen LogP contribution >= 0.6 is 0 Å². The van der Waals surface area contributed by atoms with Crippen LogP contribution in [0.3, 0.4) is 0 Å². The molecule has 0 saturated carbocycles. The molecule has 1 N–H and O–H groups in total. The third-order valence-electron chi connectivity index (χ3n) is 3.01. The Labute approximate surface area is 113 Å². The lowest BCUT2D eigenvalue weighted by Gasteiger charge is -2.12. The molecule has 0 amide bonds. The molecule has 19 heavy (non-hydrogen) atoms. The second-order valence-electron chi connectivity index (χ2n) is 4.50. The van der Waals surface area contributed by atoms with E-state index in [0.29, 0.717) is 6.61 Å². The highest BCUT2D eigenvalue weighted by atomic mass is 19.1. The fraction of sp³-hybridized carbons (Fsp3) is 0.250.